The summed E-state index contributed by atoms with van der Waals surface area (Å²) in [5.74, 6) is 1.88. The van der Waals surface area contributed by atoms with E-state index in [0.29, 0.717) is 11.6 Å². The van der Waals surface area contributed by atoms with Crippen molar-refractivity contribution in [1.82, 2.24) is 9.97 Å². The summed E-state index contributed by atoms with van der Waals surface area (Å²) in [6.07, 6.45) is 3.03. The number of rotatable bonds is 5. The first-order valence-electron chi connectivity index (χ1n) is 6.39. The van der Waals surface area contributed by atoms with E-state index in [1.165, 1.54) is 6.20 Å². The minimum Gasteiger partial charge on any atom is -0.497 e. The van der Waals surface area contributed by atoms with Crippen molar-refractivity contribution in [2.45, 2.75) is 13.0 Å². The molecule has 1 aromatic heterocycles. The first-order chi connectivity index (χ1) is 10.2. The van der Waals surface area contributed by atoms with Crippen molar-refractivity contribution in [3.05, 3.63) is 41.9 Å². The minimum atomic E-state index is -0.102. The van der Waals surface area contributed by atoms with Gasteiger partial charge in [-0.15, -0.1) is 0 Å². The molecule has 2 aromatic rings. The molecule has 0 bridgehead atoms. The summed E-state index contributed by atoms with van der Waals surface area (Å²) in [7, 11) is 3.21. The maximum absolute atomic E-state index is 9.04. The number of anilines is 1. The number of ether oxygens (including phenoxy) is 2. The van der Waals surface area contributed by atoms with Crippen molar-refractivity contribution in [2.24, 2.45) is 0 Å². The summed E-state index contributed by atoms with van der Waals surface area (Å²) < 4.78 is 10.6. The molecule has 0 saturated carbocycles. The van der Waals surface area contributed by atoms with E-state index in [1.807, 2.05) is 31.2 Å². The monoisotopic (exact) mass is 284 g/mol. The molecule has 1 heterocycles. The van der Waals surface area contributed by atoms with E-state index in [4.69, 9.17) is 14.7 Å². The van der Waals surface area contributed by atoms with Crippen LogP contribution in [0.1, 0.15) is 24.2 Å². The number of nitrogens with zero attached hydrogens (tertiary/aromatic N) is 3. The van der Waals surface area contributed by atoms with Crippen molar-refractivity contribution in [1.29, 1.82) is 5.26 Å². The molecule has 0 aliphatic rings. The molecule has 6 nitrogen and oxygen atoms in total. The summed E-state index contributed by atoms with van der Waals surface area (Å²) in [4.78, 5) is 8.12. The standard InChI is InChI=1S/C15H16N4O2/c1-10(19-15-13(9-16)17-6-7-18-15)12-5-4-11(20-2)8-14(12)21-3/h4-8,10H,1-3H3,(H,18,19). The molecule has 0 aliphatic carbocycles. The van der Waals surface area contributed by atoms with Crippen LogP contribution in [-0.2, 0) is 0 Å². The van der Waals surface area contributed by atoms with Crippen LogP contribution in [-0.4, -0.2) is 24.2 Å². The van der Waals surface area contributed by atoms with E-state index in [1.54, 1.807) is 20.4 Å². The van der Waals surface area contributed by atoms with Gasteiger partial charge in [0.15, 0.2) is 11.5 Å². The van der Waals surface area contributed by atoms with Gasteiger partial charge in [-0.1, -0.05) is 0 Å². The third-order valence-electron chi connectivity index (χ3n) is 3.06. The van der Waals surface area contributed by atoms with E-state index < -0.39 is 0 Å². The topological polar surface area (TPSA) is 80.1 Å². The molecular weight excluding hydrogens is 268 g/mol. The van der Waals surface area contributed by atoms with Gasteiger partial charge in [0, 0.05) is 24.0 Å². The number of hydrogen-bond donors (Lipinski definition) is 1. The first kappa shape index (κ1) is 14.6. The van der Waals surface area contributed by atoms with E-state index in [-0.39, 0.29) is 11.7 Å². The van der Waals surface area contributed by atoms with E-state index >= 15 is 0 Å². The zero-order valence-corrected chi connectivity index (χ0v) is 12.1. The Kier molecular flexibility index (Phi) is 4.57. The van der Waals surface area contributed by atoms with Crippen LogP contribution in [0.3, 0.4) is 0 Å². The first-order valence-corrected chi connectivity index (χ1v) is 6.39. The summed E-state index contributed by atoms with van der Waals surface area (Å²) in [5.41, 5.74) is 1.20. The SMILES string of the molecule is COc1ccc(C(C)Nc2nccnc2C#N)c(OC)c1. The van der Waals surface area contributed by atoms with Gasteiger partial charge in [-0.25, -0.2) is 9.97 Å². The summed E-state index contributed by atoms with van der Waals surface area (Å²) in [5, 5.41) is 12.2. The molecule has 1 atom stereocenters. The Hall–Kier alpha value is -2.81. The zero-order valence-electron chi connectivity index (χ0n) is 12.1. The van der Waals surface area contributed by atoms with Crippen molar-refractivity contribution in [3.8, 4) is 17.6 Å². The Bertz CT molecular complexity index is 667. The molecule has 0 spiro atoms. The molecule has 0 aliphatic heterocycles. The second kappa shape index (κ2) is 6.57. The predicted molar refractivity (Wildman–Crippen MR) is 78.3 cm³/mol. The quantitative estimate of drug-likeness (QED) is 0.908. The Morgan fingerprint density at radius 2 is 1.95 bits per heavy atom. The van der Waals surface area contributed by atoms with Gasteiger partial charge in [-0.3, -0.25) is 0 Å². The van der Waals surface area contributed by atoms with Crippen LogP contribution in [0.2, 0.25) is 0 Å². The molecule has 0 radical (unpaired) electrons. The third-order valence-corrected chi connectivity index (χ3v) is 3.06. The van der Waals surface area contributed by atoms with Crippen LogP contribution in [0.4, 0.5) is 5.82 Å². The van der Waals surface area contributed by atoms with Crippen LogP contribution in [0.25, 0.3) is 0 Å². The lowest BCUT2D eigenvalue weighted by Gasteiger charge is -2.18. The highest BCUT2D eigenvalue weighted by Crippen LogP contribution is 2.31. The molecular formula is C15H16N4O2. The molecule has 2 rings (SSSR count). The third kappa shape index (κ3) is 3.20. The largest absolute Gasteiger partial charge is 0.497 e. The highest BCUT2D eigenvalue weighted by Gasteiger charge is 2.15. The average Bonchev–Trinajstić information content (AvgIpc) is 2.54. The number of hydrogen-bond acceptors (Lipinski definition) is 6. The Balaban J connectivity index is 2.28. The van der Waals surface area contributed by atoms with Crippen molar-refractivity contribution >= 4 is 5.82 Å². The van der Waals surface area contributed by atoms with Crippen LogP contribution < -0.4 is 14.8 Å². The van der Waals surface area contributed by atoms with Crippen LogP contribution in [0.15, 0.2) is 30.6 Å². The number of aromatic nitrogens is 2. The van der Waals surface area contributed by atoms with Crippen molar-refractivity contribution in [2.75, 3.05) is 19.5 Å². The van der Waals surface area contributed by atoms with Crippen molar-refractivity contribution < 1.29 is 9.47 Å². The lowest BCUT2D eigenvalue weighted by molar-refractivity contribution is 0.390. The molecule has 1 N–H and O–H groups in total. The van der Waals surface area contributed by atoms with Gasteiger partial charge >= 0.3 is 0 Å². The second-order valence-corrected chi connectivity index (χ2v) is 4.34. The Morgan fingerprint density at radius 1 is 1.19 bits per heavy atom. The average molecular weight is 284 g/mol. The number of methoxy groups -OCH3 is 2. The Morgan fingerprint density at radius 3 is 2.62 bits per heavy atom. The van der Waals surface area contributed by atoms with Gasteiger partial charge in [0.1, 0.15) is 17.6 Å². The van der Waals surface area contributed by atoms with Gasteiger partial charge in [-0.05, 0) is 19.1 Å². The fraction of sp³-hybridized carbons (Fsp3) is 0.267. The van der Waals surface area contributed by atoms with Gasteiger partial charge < -0.3 is 14.8 Å². The highest BCUT2D eigenvalue weighted by atomic mass is 16.5. The van der Waals surface area contributed by atoms with Gasteiger partial charge in [0.05, 0.1) is 20.3 Å². The zero-order chi connectivity index (χ0) is 15.2. The summed E-state index contributed by atoms with van der Waals surface area (Å²) in [6, 6.07) is 7.50. The molecule has 0 saturated heterocycles. The lowest BCUT2D eigenvalue weighted by atomic mass is 10.1. The predicted octanol–water partition coefficient (Wildman–Crippen LogP) is 2.54. The molecule has 6 heteroatoms. The summed E-state index contributed by atoms with van der Waals surface area (Å²) >= 11 is 0. The second-order valence-electron chi connectivity index (χ2n) is 4.34. The lowest BCUT2D eigenvalue weighted by Crippen LogP contribution is -2.11. The maximum Gasteiger partial charge on any atom is 0.182 e. The van der Waals surface area contributed by atoms with Gasteiger partial charge in [-0.2, -0.15) is 5.26 Å². The molecule has 108 valence electrons. The number of nitrogens with one attached hydrogen (secondary N) is 1. The van der Waals surface area contributed by atoms with Crippen molar-refractivity contribution in [3.63, 3.8) is 0 Å². The summed E-state index contributed by atoms with van der Waals surface area (Å²) in [6.45, 7) is 1.96. The molecule has 1 unspecified atom stereocenters. The van der Waals surface area contributed by atoms with E-state index in [9.17, 15) is 0 Å². The molecule has 1 aromatic carbocycles. The Labute approximate surface area is 123 Å². The van der Waals surface area contributed by atoms with E-state index in [0.717, 1.165) is 11.3 Å². The fourth-order valence-corrected chi connectivity index (χ4v) is 1.98. The molecule has 21 heavy (non-hydrogen) atoms. The number of benzene rings is 1. The van der Waals surface area contributed by atoms with E-state index in [2.05, 4.69) is 15.3 Å². The van der Waals surface area contributed by atoms with Crippen LogP contribution >= 0.6 is 0 Å². The molecule has 0 fully saturated rings. The molecule has 0 amide bonds. The maximum atomic E-state index is 9.04. The fourth-order valence-electron chi connectivity index (χ4n) is 1.98. The smallest absolute Gasteiger partial charge is 0.182 e. The van der Waals surface area contributed by atoms with Gasteiger partial charge in [0.2, 0.25) is 0 Å². The normalized spacial score (nSPS) is 11.3. The van der Waals surface area contributed by atoms with Crippen LogP contribution in [0.5, 0.6) is 11.5 Å². The highest BCUT2D eigenvalue weighted by molar-refractivity contribution is 5.51. The number of nitriles is 1. The van der Waals surface area contributed by atoms with Gasteiger partial charge in [0.25, 0.3) is 0 Å². The minimum absolute atomic E-state index is 0.102. The van der Waals surface area contributed by atoms with Crippen LogP contribution in [0, 0.1) is 11.3 Å².